The molecule has 146 valence electrons. The zero-order valence-corrected chi connectivity index (χ0v) is 16.1. The summed E-state index contributed by atoms with van der Waals surface area (Å²) in [5.74, 6) is -0.410. The van der Waals surface area contributed by atoms with Gasteiger partial charge in [-0.2, -0.15) is 0 Å². The molecule has 0 N–H and O–H groups in total. The number of nitrogens with zero attached hydrogens (tertiary/aromatic N) is 3. The first-order chi connectivity index (χ1) is 13.5. The van der Waals surface area contributed by atoms with Crippen LogP contribution in [0, 0.1) is 5.82 Å². The molecule has 0 fully saturated rings. The molecule has 1 aromatic heterocycles. The van der Waals surface area contributed by atoms with Crippen LogP contribution in [0.3, 0.4) is 0 Å². The number of rotatable bonds is 7. The van der Waals surface area contributed by atoms with E-state index in [1.165, 1.54) is 12.1 Å². The van der Waals surface area contributed by atoms with E-state index in [4.69, 9.17) is 9.15 Å². The second kappa shape index (κ2) is 8.65. The van der Waals surface area contributed by atoms with E-state index in [2.05, 4.69) is 28.9 Å². The number of hydrogen-bond donors (Lipinski definition) is 0. The van der Waals surface area contributed by atoms with Crippen molar-refractivity contribution in [3.8, 4) is 11.5 Å². The molecule has 0 saturated carbocycles. The Bertz CT molecular complexity index is 919. The number of esters is 1. The zero-order chi connectivity index (χ0) is 20.1. The van der Waals surface area contributed by atoms with E-state index in [0.717, 1.165) is 18.8 Å². The van der Waals surface area contributed by atoms with Crippen molar-refractivity contribution in [2.24, 2.45) is 0 Å². The first kappa shape index (κ1) is 19.5. The first-order valence-corrected chi connectivity index (χ1v) is 9.17. The van der Waals surface area contributed by atoms with E-state index in [1.807, 2.05) is 12.1 Å². The molecule has 1 atom stereocenters. The number of hydrogen-bond acceptors (Lipinski definition) is 6. The molecule has 0 unspecified atom stereocenters. The van der Waals surface area contributed by atoms with Crippen molar-refractivity contribution in [3.63, 3.8) is 0 Å². The van der Waals surface area contributed by atoms with Gasteiger partial charge in [0.2, 0.25) is 5.89 Å². The lowest BCUT2D eigenvalue weighted by atomic mass is 10.2. The van der Waals surface area contributed by atoms with Crippen molar-refractivity contribution in [3.05, 3.63) is 65.8 Å². The Hall–Kier alpha value is -3.22. The lowest BCUT2D eigenvalue weighted by Crippen LogP contribution is -2.21. The molecule has 28 heavy (non-hydrogen) atoms. The number of carbonyl (C=O) groups is 1. The molecule has 0 radical (unpaired) electrons. The fourth-order valence-electron chi connectivity index (χ4n) is 2.78. The lowest BCUT2D eigenvalue weighted by molar-refractivity contribution is 0.0280. The maximum Gasteiger partial charge on any atom is 0.338 e. The van der Waals surface area contributed by atoms with Crippen LogP contribution in [-0.2, 0) is 4.74 Å². The van der Waals surface area contributed by atoms with Gasteiger partial charge in [-0.15, -0.1) is 10.2 Å². The average molecular weight is 383 g/mol. The minimum atomic E-state index is -0.711. The van der Waals surface area contributed by atoms with Gasteiger partial charge in [0, 0.05) is 24.3 Å². The van der Waals surface area contributed by atoms with Gasteiger partial charge >= 0.3 is 5.97 Å². The predicted molar refractivity (Wildman–Crippen MR) is 104 cm³/mol. The van der Waals surface area contributed by atoms with Crippen LogP contribution in [0.4, 0.5) is 10.1 Å². The number of halogens is 1. The highest BCUT2D eigenvalue weighted by molar-refractivity contribution is 5.90. The average Bonchev–Trinajstić information content (AvgIpc) is 3.20. The fraction of sp³-hybridized carbons (Fsp3) is 0.286. The highest BCUT2D eigenvalue weighted by Crippen LogP contribution is 2.24. The summed E-state index contributed by atoms with van der Waals surface area (Å²) < 4.78 is 24.0. The summed E-state index contributed by atoms with van der Waals surface area (Å²) in [5.41, 5.74) is 2.09. The van der Waals surface area contributed by atoms with Crippen molar-refractivity contribution >= 4 is 11.7 Å². The Morgan fingerprint density at radius 1 is 1.07 bits per heavy atom. The third-order valence-corrected chi connectivity index (χ3v) is 4.39. The Balaban J connectivity index is 1.66. The van der Waals surface area contributed by atoms with Crippen LogP contribution in [0.5, 0.6) is 0 Å². The van der Waals surface area contributed by atoms with Crippen molar-refractivity contribution in [1.82, 2.24) is 10.2 Å². The number of carbonyl (C=O) groups excluding carboxylic acids is 1. The summed E-state index contributed by atoms with van der Waals surface area (Å²) in [5, 5.41) is 7.86. The minimum Gasteiger partial charge on any atom is -0.449 e. The predicted octanol–water partition coefficient (Wildman–Crippen LogP) is 4.64. The Morgan fingerprint density at radius 3 is 2.32 bits per heavy atom. The van der Waals surface area contributed by atoms with Gasteiger partial charge < -0.3 is 14.1 Å². The Morgan fingerprint density at radius 2 is 1.71 bits per heavy atom. The van der Waals surface area contributed by atoms with E-state index in [9.17, 15) is 9.18 Å². The molecule has 1 heterocycles. The molecule has 0 saturated heterocycles. The van der Waals surface area contributed by atoms with Crippen LogP contribution in [-0.4, -0.2) is 29.3 Å². The number of aromatic nitrogens is 2. The second-order valence-electron chi connectivity index (χ2n) is 6.22. The molecule has 0 amide bonds. The lowest BCUT2D eigenvalue weighted by Gasteiger charge is -2.21. The number of benzene rings is 2. The third kappa shape index (κ3) is 4.36. The maximum absolute atomic E-state index is 13.0. The molecule has 7 heteroatoms. The van der Waals surface area contributed by atoms with E-state index >= 15 is 0 Å². The summed E-state index contributed by atoms with van der Waals surface area (Å²) in [6, 6.07) is 13.0. The van der Waals surface area contributed by atoms with Gasteiger partial charge in [-0.1, -0.05) is 0 Å². The van der Waals surface area contributed by atoms with Crippen molar-refractivity contribution in [2.75, 3.05) is 18.0 Å². The minimum absolute atomic E-state index is 0.174. The van der Waals surface area contributed by atoms with E-state index < -0.39 is 12.1 Å². The molecule has 0 spiro atoms. The van der Waals surface area contributed by atoms with E-state index in [-0.39, 0.29) is 17.6 Å². The van der Waals surface area contributed by atoms with Crippen molar-refractivity contribution in [1.29, 1.82) is 0 Å². The summed E-state index contributed by atoms with van der Waals surface area (Å²) >= 11 is 0. The Kier molecular flexibility index (Phi) is 6.03. The molecule has 3 aromatic rings. The normalized spacial score (nSPS) is 11.9. The molecule has 0 bridgehead atoms. The van der Waals surface area contributed by atoms with Crippen LogP contribution in [0.2, 0.25) is 0 Å². The van der Waals surface area contributed by atoms with Crippen molar-refractivity contribution in [2.45, 2.75) is 26.9 Å². The van der Waals surface area contributed by atoms with E-state index in [0.29, 0.717) is 11.1 Å². The van der Waals surface area contributed by atoms with Crippen LogP contribution in [0.15, 0.2) is 52.9 Å². The molecule has 0 aliphatic rings. The highest BCUT2D eigenvalue weighted by Gasteiger charge is 2.20. The largest absolute Gasteiger partial charge is 0.449 e. The second-order valence-corrected chi connectivity index (χ2v) is 6.22. The molecule has 0 aliphatic heterocycles. The van der Waals surface area contributed by atoms with Gasteiger partial charge in [-0.25, -0.2) is 9.18 Å². The number of anilines is 1. The standard InChI is InChI=1S/C21H22FN3O3/c1-4-25(5-2)18-12-8-16(9-13-18)21(26)27-14(3)19-23-24-20(28-19)15-6-10-17(22)11-7-15/h6-14H,4-5H2,1-3H3/t14-/m0/s1. The summed E-state index contributed by atoms with van der Waals surface area (Å²) in [7, 11) is 0. The smallest absolute Gasteiger partial charge is 0.338 e. The van der Waals surface area contributed by atoms with Crippen LogP contribution < -0.4 is 4.90 Å². The summed E-state index contributed by atoms with van der Waals surface area (Å²) in [4.78, 5) is 14.6. The van der Waals surface area contributed by atoms with Gasteiger partial charge in [0.15, 0.2) is 6.10 Å². The van der Waals surface area contributed by atoms with E-state index in [1.54, 1.807) is 31.2 Å². The summed E-state index contributed by atoms with van der Waals surface area (Å²) in [6.45, 7) is 7.61. The van der Waals surface area contributed by atoms with Gasteiger partial charge in [-0.05, 0) is 69.3 Å². The van der Waals surface area contributed by atoms with Gasteiger partial charge in [0.25, 0.3) is 5.89 Å². The monoisotopic (exact) mass is 383 g/mol. The van der Waals surface area contributed by atoms with Crippen LogP contribution in [0.25, 0.3) is 11.5 Å². The van der Waals surface area contributed by atoms with Crippen LogP contribution >= 0.6 is 0 Å². The highest BCUT2D eigenvalue weighted by atomic mass is 19.1. The topological polar surface area (TPSA) is 68.5 Å². The molecule has 2 aromatic carbocycles. The molecule has 3 rings (SSSR count). The molecule has 6 nitrogen and oxygen atoms in total. The SMILES string of the molecule is CCN(CC)c1ccc(C(=O)O[C@@H](C)c2nnc(-c3ccc(F)cc3)o2)cc1. The molecular weight excluding hydrogens is 361 g/mol. The quantitative estimate of drug-likeness (QED) is 0.554. The molecular formula is C21H22FN3O3. The van der Waals surface area contributed by atoms with Gasteiger partial charge in [0.1, 0.15) is 5.82 Å². The van der Waals surface area contributed by atoms with Crippen molar-refractivity contribution < 1.29 is 18.3 Å². The maximum atomic E-state index is 13.0. The molecule has 0 aliphatic carbocycles. The fourth-order valence-corrected chi connectivity index (χ4v) is 2.78. The zero-order valence-electron chi connectivity index (χ0n) is 16.1. The Labute approximate surface area is 163 Å². The van der Waals surface area contributed by atoms with Gasteiger partial charge in [-0.3, -0.25) is 0 Å². The summed E-state index contributed by atoms with van der Waals surface area (Å²) in [6.07, 6.45) is -0.711. The number of ether oxygens (including phenoxy) is 1. The van der Waals surface area contributed by atoms with Crippen LogP contribution in [0.1, 0.15) is 43.1 Å². The third-order valence-electron chi connectivity index (χ3n) is 4.39. The first-order valence-electron chi connectivity index (χ1n) is 9.17. The van der Waals surface area contributed by atoms with Gasteiger partial charge in [0.05, 0.1) is 5.56 Å².